The monoisotopic (exact) mass is 394 g/mol. The highest BCUT2D eigenvalue weighted by molar-refractivity contribution is 14.1. The predicted molar refractivity (Wildman–Crippen MR) is 80.6 cm³/mol. The average molecular weight is 395 g/mol. The van der Waals surface area contributed by atoms with Gasteiger partial charge in [0.05, 0.1) is 14.2 Å². The van der Waals surface area contributed by atoms with Crippen LogP contribution in [-0.2, 0) is 6.42 Å². The SMILES string of the molecule is Cc1nn2c(Cl)c([N+](=O)[O-])c(CC(C)C)nc2c1I. The first-order valence-corrected chi connectivity index (χ1v) is 7.16. The number of halogens is 2. The van der Waals surface area contributed by atoms with Gasteiger partial charge in [-0.2, -0.15) is 9.61 Å². The second-order valence-corrected chi connectivity index (χ2v) is 6.12. The van der Waals surface area contributed by atoms with Gasteiger partial charge in [-0.25, -0.2) is 4.98 Å². The molecule has 0 saturated carbocycles. The highest BCUT2D eigenvalue weighted by Gasteiger charge is 2.26. The van der Waals surface area contributed by atoms with E-state index < -0.39 is 4.92 Å². The lowest BCUT2D eigenvalue weighted by atomic mass is 10.1. The second kappa shape index (κ2) is 5.20. The summed E-state index contributed by atoms with van der Waals surface area (Å²) in [5.74, 6) is 0.256. The van der Waals surface area contributed by atoms with E-state index in [1.54, 1.807) is 0 Å². The summed E-state index contributed by atoms with van der Waals surface area (Å²) in [6.45, 7) is 5.78. The smallest absolute Gasteiger partial charge is 0.258 e. The Hall–Kier alpha value is -0.960. The molecule has 0 unspecified atom stereocenters. The zero-order chi connectivity index (χ0) is 14.3. The van der Waals surface area contributed by atoms with E-state index in [2.05, 4.69) is 32.7 Å². The van der Waals surface area contributed by atoms with Gasteiger partial charge in [0.25, 0.3) is 0 Å². The Morgan fingerprint density at radius 1 is 1.53 bits per heavy atom. The minimum absolute atomic E-state index is 0.0108. The predicted octanol–water partition coefficient (Wildman–Crippen LogP) is 3.40. The van der Waals surface area contributed by atoms with Crippen molar-refractivity contribution in [2.24, 2.45) is 5.92 Å². The fourth-order valence-electron chi connectivity index (χ4n) is 1.84. The normalized spacial score (nSPS) is 11.5. The van der Waals surface area contributed by atoms with Crippen molar-refractivity contribution in [2.45, 2.75) is 27.2 Å². The lowest BCUT2D eigenvalue weighted by molar-refractivity contribution is -0.386. The molecule has 2 aromatic heterocycles. The Kier molecular flexibility index (Phi) is 3.95. The van der Waals surface area contributed by atoms with E-state index in [1.807, 2.05) is 20.8 Å². The zero-order valence-corrected chi connectivity index (χ0v) is 13.6. The number of hydrogen-bond donors (Lipinski definition) is 0. The first-order chi connectivity index (χ1) is 8.82. The molecule has 102 valence electrons. The largest absolute Gasteiger partial charge is 0.327 e. The van der Waals surface area contributed by atoms with Crippen LogP contribution < -0.4 is 0 Å². The van der Waals surface area contributed by atoms with Crippen LogP contribution in [0.3, 0.4) is 0 Å². The molecule has 6 nitrogen and oxygen atoms in total. The van der Waals surface area contributed by atoms with Crippen LogP contribution in [-0.4, -0.2) is 19.5 Å². The molecular weight excluding hydrogens is 383 g/mol. The molecule has 0 N–H and O–H groups in total. The number of aryl methyl sites for hydroxylation is 1. The molecule has 0 aliphatic heterocycles. The quantitative estimate of drug-likeness (QED) is 0.346. The molecule has 0 spiro atoms. The number of nitro groups is 1. The molecule has 0 aliphatic rings. The maximum Gasteiger partial charge on any atom is 0.327 e. The van der Waals surface area contributed by atoms with E-state index in [1.165, 1.54) is 4.52 Å². The third-order valence-corrected chi connectivity index (χ3v) is 4.25. The van der Waals surface area contributed by atoms with Crippen LogP contribution in [0.5, 0.6) is 0 Å². The molecule has 2 heterocycles. The fourth-order valence-corrected chi connectivity index (χ4v) is 2.59. The van der Waals surface area contributed by atoms with Crippen molar-refractivity contribution in [3.8, 4) is 0 Å². The van der Waals surface area contributed by atoms with Crippen molar-refractivity contribution >= 4 is 45.5 Å². The van der Waals surface area contributed by atoms with E-state index in [0.717, 1.165) is 9.26 Å². The van der Waals surface area contributed by atoms with Gasteiger partial charge in [-0.05, 0) is 41.9 Å². The Morgan fingerprint density at radius 3 is 2.68 bits per heavy atom. The second-order valence-electron chi connectivity index (χ2n) is 4.69. The molecule has 2 rings (SSSR count). The van der Waals surface area contributed by atoms with E-state index in [0.29, 0.717) is 17.8 Å². The summed E-state index contributed by atoms with van der Waals surface area (Å²) >= 11 is 8.25. The Morgan fingerprint density at radius 2 is 2.16 bits per heavy atom. The van der Waals surface area contributed by atoms with Crippen LogP contribution in [0.25, 0.3) is 5.65 Å². The highest BCUT2D eigenvalue weighted by atomic mass is 127. The van der Waals surface area contributed by atoms with Crippen LogP contribution in [0, 0.1) is 26.5 Å². The minimum atomic E-state index is -0.490. The van der Waals surface area contributed by atoms with Gasteiger partial charge in [0, 0.05) is 0 Å². The van der Waals surface area contributed by atoms with Gasteiger partial charge in [-0.3, -0.25) is 10.1 Å². The summed E-state index contributed by atoms with van der Waals surface area (Å²) in [5.41, 5.74) is 1.59. The standard InChI is InChI=1S/C11H12ClIN4O2/c1-5(2)4-7-9(17(18)19)10(12)16-11(14-7)8(13)6(3)15-16/h5H,4H2,1-3H3. The molecular formula is C11H12ClIN4O2. The fraction of sp³-hybridized carbons (Fsp3) is 0.455. The molecule has 0 radical (unpaired) electrons. The van der Waals surface area contributed by atoms with Gasteiger partial charge in [-0.1, -0.05) is 25.4 Å². The van der Waals surface area contributed by atoms with E-state index in [4.69, 9.17) is 11.6 Å². The van der Waals surface area contributed by atoms with Gasteiger partial charge in [-0.15, -0.1) is 0 Å². The van der Waals surface area contributed by atoms with Crippen LogP contribution in [0.15, 0.2) is 0 Å². The third-order valence-electron chi connectivity index (χ3n) is 2.64. The van der Waals surface area contributed by atoms with Crippen molar-refractivity contribution < 1.29 is 4.92 Å². The van der Waals surface area contributed by atoms with Crippen molar-refractivity contribution in [1.82, 2.24) is 14.6 Å². The maximum atomic E-state index is 11.2. The molecule has 0 aromatic carbocycles. The third kappa shape index (κ3) is 2.53. The summed E-state index contributed by atoms with van der Waals surface area (Å²) < 4.78 is 2.19. The number of nitrogens with zero attached hydrogens (tertiary/aromatic N) is 4. The Labute approximate surface area is 128 Å². The van der Waals surface area contributed by atoms with E-state index >= 15 is 0 Å². The minimum Gasteiger partial charge on any atom is -0.258 e. The lowest BCUT2D eigenvalue weighted by Gasteiger charge is -2.07. The summed E-state index contributed by atoms with van der Waals surface area (Å²) in [5, 5.41) is 15.4. The summed E-state index contributed by atoms with van der Waals surface area (Å²) in [6.07, 6.45) is 0.507. The maximum absolute atomic E-state index is 11.2. The molecule has 0 bridgehead atoms. The zero-order valence-electron chi connectivity index (χ0n) is 10.6. The number of aromatic nitrogens is 3. The molecule has 0 aliphatic carbocycles. The first kappa shape index (κ1) is 14.4. The molecule has 19 heavy (non-hydrogen) atoms. The highest BCUT2D eigenvalue weighted by Crippen LogP contribution is 2.31. The summed E-state index contributed by atoms with van der Waals surface area (Å²) in [6, 6.07) is 0. The van der Waals surface area contributed by atoms with Gasteiger partial charge in [0.2, 0.25) is 5.15 Å². The molecule has 8 heteroatoms. The van der Waals surface area contributed by atoms with Gasteiger partial charge in [0.1, 0.15) is 5.69 Å². The molecule has 0 saturated heterocycles. The van der Waals surface area contributed by atoms with E-state index in [-0.39, 0.29) is 16.8 Å². The van der Waals surface area contributed by atoms with Crippen molar-refractivity contribution in [3.05, 3.63) is 30.2 Å². The van der Waals surface area contributed by atoms with E-state index in [9.17, 15) is 10.1 Å². The Bertz CT molecular complexity index is 668. The number of fused-ring (bicyclic) bond motifs is 1. The van der Waals surface area contributed by atoms with Gasteiger partial charge >= 0.3 is 5.69 Å². The summed E-state index contributed by atoms with van der Waals surface area (Å²) in [7, 11) is 0. The van der Waals surface area contributed by atoms with Gasteiger partial charge < -0.3 is 0 Å². The van der Waals surface area contributed by atoms with Crippen LogP contribution in [0.4, 0.5) is 5.69 Å². The van der Waals surface area contributed by atoms with Gasteiger partial charge in [0.15, 0.2) is 5.65 Å². The average Bonchev–Trinajstić information content (AvgIpc) is 2.56. The number of hydrogen-bond acceptors (Lipinski definition) is 4. The topological polar surface area (TPSA) is 73.3 Å². The van der Waals surface area contributed by atoms with Crippen molar-refractivity contribution in [3.63, 3.8) is 0 Å². The van der Waals surface area contributed by atoms with Crippen molar-refractivity contribution in [1.29, 1.82) is 0 Å². The first-order valence-electron chi connectivity index (χ1n) is 5.70. The summed E-state index contributed by atoms with van der Waals surface area (Å²) in [4.78, 5) is 15.1. The molecule has 0 amide bonds. The molecule has 0 fully saturated rings. The van der Waals surface area contributed by atoms with Crippen LogP contribution >= 0.6 is 34.2 Å². The molecule has 2 aromatic rings. The lowest BCUT2D eigenvalue weighted by Crippen LogP contribution is -2.07. The van der Waals surface area contributed by atoms with Crippen LogP contribution in [0.1, 0.15) is 25.2 Å². The number of rotatable bonds is 3. The van der Waals surface area contributed by atoms with Crippen LogP contribution in [0.2, 0.25) is 5.15 Å². The van der Waals surface area contributed by atoms with Crippen molar-refractivity contribution in [2.75, 3.05) is 0 Å². The Balaban J connectivity index is 2.81. The molecule has 0 atom stereocenters.